The zero-order valence-corrected chi connectivity index (χ0v) is 16.8. The number of hydrogen-bond acceptors (Lipinski definition) is 5. The second kappa shape index (κ2) is 8.57. The maximum absolute atomic E-state index is 12.5. The number of amides is 1. The van der Waals surface area contributed by atoms with Gasteiger partial charge in [0.25, 0.3) is 0 Å². The summed E-state index contributed by atoms with van der Waals surface area (Å²) >= 11 is 0. The van der Waals surface area contributed by atoms with Crippen LogP contribution < -0.4 is 10.6 Å². The van der Waals surface area contributed by atoms with Crippen molar-refractivity contribution in [3.8, 4) is 22.4 Å². The molecular formula is C23H22N6O. The first kappa shape index (κ1) is 19.3. The molecule has 30 heavy (non-hydrogen) atoms. The number of nitrogens with zero attached hydrogens (tertiary/aromatic N) is 4. The molecule has 1 amide bonds. The van der Waals surface area contributed by atoms with E-state index in [1.165, 1.54) is 0 Å². The van der Waals surface area contributed by atoms with Crippen LogP contribution in [-0.2, 0) is 11.8 Å². The lowest BCUT2D eigenvalue weighted by Gasteiger charge is -2.15. The third-order valence-electron chi connectivity index (χ3n) is 4.79. The molecule has 0 aliphatic heterocycles. The molecule has 1 unspecified atom stereocenters. The van der Waals surface area contributed by atoms with Crippen LogP contribution in [0.5, 0.6) is 0 Å². The van der Waals surface area contributed by atoms with E-state index in [1.807, 2.05) is 67.2 Å². The van der Waals surface area contributed by atoms with Crippen LogP contribution in [0.4, 0.5) is 11.5 Å². The molecule has 7 heteroatoms. The van der Waals surface area contributed by atoms with Crippen molar-refractivity contribution < 1.29 is 4.79 Å². The number of hydrogen-bond donors (Lipinski definition) is 2. The van der Waals surface area contributed by atoms with E-state index in [0.717, 1.165) is 28.1 Å². The fourth-order valence-electron chi connectivity index (χ4n) is 3.12. The van der Waals surface area contributed by atoms with Crippen LogP contribution in [-0.4, -0.2) is 31.7 Å². The fourth-order valence-corrected chi connectivity index (χ4v) is 3.12. The lowest BCUT2D eigenvalue weighted by molar-refractivity contribution is -0.116. The summed E-state index contributed by atoms with van der Waals surface area (Å²) < 4.78 is 1.82. The van der Waals surface area contributed by atoms with Crippen LogP contribution in [0, 0.1) is 0 Å². The molecule has 4 aromatic rings. The van der Waals surface area contributed by atoms with Crippen molar-refractivity contribution in [1.82, 2.24) is 19.7 Å². The predicted octanol–water partition coefficient (Wildman–Crippen LogP) is 3.98. The van der Waals surface area contributed by atoms with Gasteiger partial charge in [0.1, 0.15) is 11.9 Å². The summed E-state index contributed by atoms with van der Waals surface area (Å²) in [6, 6.07) is 17.0. The lowest BCUT2D eigenvalue weighted by Crippen LogP contribution is -2.32. The van der Waals surface area contributed by atoms with Crippen molar-refractivity contribution in [3.05, 3.63) is 79.4 Å². The standard InChI is InChI=1S/C23H22N6O/c1-16(27-20-8-5-17(6-9-20)21-11-13-26-29(21)2)23(30)28-22-10-7-19(15-25-22)18-4-3-12-24-14-18/h3-16,27H,1-2H3,(H,25,28,30). The SMILES string of the molecule is CC(Nc1ccc(-c2ccnn2C)cc1)C(=O)Nc1ccc(-c2cccnc2)cn1. The van der Waals surface area contributed by atoms with Gasteiger partial charge in [-0.15, -0.1) is 0 Å². The molecule has 0 bridgehead atoms. The van der Waals surface area contributed by atoms with Crippen LogP contribution in [0.25, 0.3) is 22.4 Å². The van der Waals surface area contributed by atoms with Gasteiger partial charge in [-0.1, -0.05) is 18.2 Å². The van der Waals surface area contributed by atoms with Gasteiger partial charge in [0.15, 0.2) is 0 Å². The van der Waals surface area contributed by atoms with E-state index in [9.17, 15) is 4.79 Å². The van der Waals surface area contributed by atoms with Crippen LogP contribution in [0.2, 0.25) is 0 Å². The minimum absolute atomic E-state index is 0.160. The third kappa shape index (κ3) is 4.35. The highest BCUT2D eigenvalue weighted by Crippen LogP contribution is 2.21. The van der Waals surface area contributed by atoms with Crippen molar-refractivity contribution in [2.45, 2.75) is 13.0 Å². The summed E-state index contributed by atoms with van der Waals surface area (Å²) in [5, 5.41) is 10.2. The molecule has 2 N–H and O–H groups in total. The number of aryl methyl sites for hydroxylation is 1. The van der Waals surface area contributed by atoms with Crippen molar-refractivity contribution in [2.24, 2.45) is 7.05 Å². The van der Waals surface area contributed by atoms with Crippen molar-refractivity contribution in [2.75, 3.05) is 10.6 Å². The molecule has 0 spiro atoms. The fraction of sp³-hybridized carbons (Fsp3) is 0.130. The largest absolute Gasteiger partial charge is 0.374 e. The molecule has 0 radical (unpaired) electrons. The highest BCUT2D eigenvalue weighted by atomic mass is 16.2. The van der Waals surface area contributed by atoms with Crippen molar-refractivity contribution >= 4 is 17.4 Å². The zero-order chi connectivity index (χ0) is 20.9. The molecular weight excluding hydrogens is 376 g/mol. The molecule has 4 rings (SSSR count). The minimum Gasteiger partial charge on any atom is -0.374 e. The van der Waals surface area contributed by atoms with Crippen molar-refractivity contribution in [1.29, 1.82) is 0 Å². The van der Waals surface area contributed by atoms with E-state index in [1.54, 1.807) is 30.9 Å². The molecule has 0 saturated carbocycles. The Labute approximate surface area is 174 Å². The molecule has 7 nitrogen and oxygen atoms in total. The maximum atomic E-state index is 12.5. The summed E-state index contributed by atoms with van der Waals surface area (Å²) in [6.07, 6.45) is 7.00. The summed E-state index contributed by atoms with van der Waals surface area (Å²) in [5.41, 5.74) is 4.89. The second-order valence-electron chi connectivity index (χ2n) is 6.95. The van der Waals surface area contributed by atoms with Gasteiger partial charge >= 0.3 is 0 Å². The zero-order valence-electron chi connectivity index (χ0n) is 16.8. The third-order valence-corrected chi connectivity index (χ3v) is 4.79. The molecule has 3 aromatic heterocycles. The molecule has 0 aliphatic rings. The van der Waals surface area contributed by atoms with E-state index in [-0.39, 0.29) is 5.91 Å². The molecule has 3 heterocycles. The maximum Gasteiger partial charge on any atom is 0.247 e. The summed E-state index contributed by atoms with van der Waals surface area (Å²) in [5.74, 6) is 0.347. The van der Waals surface area contributed by atoms with Crippen LogP contribution in [0.15, 0.2) is 79.4 Å². The first-order valence-electron chi connectivity index (χ1n) is 9.62. The highest BCUT2D eigenvalue weighted by Gasteiger charge is 2.14. The molecule has 0 saturated heterocycles. The van der Waals surface area contributed by atoms with E-state index in [2.05, 4.69) is 25.7 Å². The average Bonchev–Trinajstić information content (AvgIpc) is 3.21. The topological polar surface area (TPSA) is 84.7 Å². The smallest absolute Gasteiger partial charge is 0.247 e. The predicted molar refractivity (Wildman–Crippen MR) is 118 cm³/mol. The lowest BCUT2D eigenvalue weighted by atomic mass is 10.1. The Morgan fingerprint density at radius 1 is 0.933 bits per heavy atom. The molecule has 0 fully saturated rings. The van der Waals surface area contributed by atoms with E-state index in [4.69, 9.17) is 0 Å². The Morgan fingerprint density at radius 2 is 1.70 bits per heavy atom. The number of nitrogens with one attached hydrogen (secondary N) is 2. The first-order valence-corrected chi connectivity index (χ1v) is 9.62. The first-order chi connectivity index (χ1) is 14.6. The second-order valence-corrected chi connectivity index (χ2v) is 6.95. The normalized spacial score (nSPS) is 11.7. The molecule has 0 aliphatic carbocycles. The Kier molecular flexibility index (Phi) is 5.52. The highest BCUT2D eigenvalue weighted by molar-refractivity contribution is 5.95. The van der Waals surface area contributed by atoms with Gasteiger partial charge in [-0.3, -0.25) is 14.5 Å². The Hall–Kier alpha value is -4.00. The number of anilines is 2. The van der Waals surface area contributed by atoms with Gasteiger partial charge in [-0.2, -0.15) is 5.10 Å². The number of pyridine rings is 2. The van der Waals surface area contributed by atoms with Gasteiger partial charge < -0.3 is 10.6 Å². The van der Waals surface area contributed by atoms with E-state index in [0.29, 0.717) is 5.82 Å². The monoisotopic (exact) mass is 398 g/mol. The van der Waals surface area contributed by atoms with Gasteiger partial charge in [-0.25, -0.2) is 4.98 Å². The summed E-state index contributed by atoms with van der Waals surface area (Å²) in [6.45, 7) is 1.81. The molecule has 150 valence electrons. The Morgan fingerprint density at radius 3 is 2.33 bits per heavy atom. The van der Waals surface area contributed by atoms with Crippen LogP contribution >= 0.6 is 0 Å². The number of carbonyl (C=O) groups excluding carboxylic acids is 1. The number of rotatable bonds is 6. The van der Waals surface area contributed by atoms with E-state index >= 15 is 0 Å². The van der Waals surface area contributed by atoms with Gasteiger partial charge in [0, 0.05) is 48.6 Å². The Balaban J connectivity index is 1.36. The van der Waals surface area contributed by atoms with Crippen molar-refractivity contribution in [3.63, 3.8) is 0 Å². The van der Waals surface area contributed by atoms with Gasteiger partial charge in [0.05, 0.1) is 5.69 Å². The number of aromatic nitrogens is 4. The quantitative estimate of drug-likeness (QED) is 0.513. The Bertz CT molecular complexity index is 1120. The number of carbonyl (C=O) groups is 1. The number of benzene rings is 1. The molecule has 1 atom stereocenters. The van der Waals surface area contributed by atoms with Crippen LogP contribution in [0.3, 0.4) is 0 Å². The van der Waals surface area contributed by atoms with E-state index < -0.39 is 6.04 Å². The van der Waals surface area contributed by atoms with Gasteiger partial charge in [-0.05, 0) is 48.9 Å². The summed E-state index contributed by atoms with van der Waals surface area (Å²) in [7, 11) is 1.91. The van der Waals surface area contributed by atoms with Gasteiger partial charge in [0.2, 0.25) is 5.91 Å². The minimum atomic E-state index is -0.424. The van der Waals surface area contributed by atoms with Crippen LogP contribution in [0.1, 0.15) is 6.92 Å². The average molecular weight is 398 g/mol. The molecule has 1 aromatic carbocycles. The summed E-state index contributed by atoms with van der Waals surface area (Å²) in [4.78, 5) is 21.0.